The van der Waals surface area contributed by atoms with E-state index in [1.165, 1.54) is 0 Å². The number of hydrogen-bond acceptors (Lipinski definition) is 5. The van der Waals surface area contributed by atoms with Crippen LogP contribution in [0.1, 0.15) is 12.8 Å². The minimum Gasteiger partial charge on any atom is -0.342 e. The molecule has 1 saturated heterocycles. The molecule has 0 saturated carbocycles. The van der Waals surface area contributed by atoms with Gasteiger partial charge in [-0.1, -0.05) is 12.1 Å². The maximum absolute atomic E-state index is 12.4. The first kappa shape index (κ1) is 18.5. The zero-order valence-electron chi connectivity index (χ0n) is 17.0. The molecule has 1 fully saturated rings. The molecule has 3 aromatic heterocycles. The van der Waals surface area contributed by atoms with E-state index in [4.69, 9.17) is 4.98 Å². The van der Waals surface area contributed by atoms with Gasteiger partial charge in [-0.3, -0.25) is 9.78 Å². The third kappa shape index (κ3) is 3.47. The van der Waals surface area contributed by atoms with E-state index in [0.717, 1.165) is 54.2 Å². The van der Waals surface area contributed by atoms with Crippen molar-refractivity contribution in [2.24, 2.45) is 13.0 Å². The molecule has 0 bridgehead atoms. The third-order valence-electron chi connectivity index (χ3n) is 5.93. The summed E-state index contributed by atoms with van der Waals surface area (Å²) in [6.07, 6.45) is 5.50. The van der Waals surface area contributed by atoms with E-state index in [9.17, 15) is 4.79 Å². The Kier molecular flexibility index (Phi) is 4.78. The molecule has 1 aliphatic heterocycles. The molecule has 1 aromatic carbocycles. The predicted molar refractivity (Wildman–Crippen MR) is 117 cm³/mol. The summed E-state index contributed by atoms with van der Waals surface area (Å²) in [5, 5.41) is 4.60. The number of rotatable bonds is 4. The highest BCUT2D eigenvalue weighted by Gasteiger charge is 2.23. The Morgan fingerprint density at radius 1 is 1.00 bits per heavy atom. The van der Waals surface area contributed by atoms with E-state index < -0.39 is 0 Å². The van der Waals surface area contributed by atoms with Crippen molar-refractivity contribution in [3.05, 3.63) is 71.3 Å². The summed E-state index contributed by atoms with van der Waals surface area (Å²) < 4.78 is 3.78. The van der Waals surface area contributed by atoms with Gasteiger partial charge in [0.15, 0.2) is 0 Å². The van der Waals surface area contributed by atoms with Crippen LogP contribution in [0.3, 0.4) is 0 Å². The molecule has 0 radical (unpaired) electrons. The topological polar surface area (TPSA) is 68.8 Å². The Labute approximate surface area is 174 Å². The van der Waals surface area contributed by atoms with Gasteiger partial charge < -0.3 is 9.47 Å². The molecule has 1 aliphatic rings. The maximum Gasteiger partial charge on any atom is 0.266 e. The van der Waals surface area contributed by atoms with Gasteiger partial charge in [0.1, 0.15) is 0 Å². The van der Waals surface area contributed by atoms with Gasteiger partial charge in [0.25, 0.3) is 5.56 Å². The molecule has 0 aliphatic carbocycles. The number of imidazole rings is 1. The van der Waals surface area contributed by atoms with Gasteiger partial charge in [0.2, 0.25) is 5.95 Å². The minimum atomic E-state index is -0.0504. The summed E-state index contributed by atoms with van der Waals surface area (Å²) in [5.41, 5.74) is 3.90. The number of para-hydroxylation sites is 2. The molecule has 152 valence electrons. The smallest absolute Gasteiger partial charge is 0.266 e. The van der Waals surface area contributed by atoms with Crippen molar-refractivity contribution in [1.29, 1.82) is 0 Å². The van der Waals surface area contributed by atoms with Crippen molar-refractivity contribution < 1.29 is 0 Å². The van der Waals surface area contributed by atoms with Crippen molar-refractivity contribution in [2.45, 2.75) is 19.4 Å². The summed E-state index contributed by atoms with van der Waals surface area (Å²) in [7, 11) is 2.07. The normalized spacial score (nSPS) is 15.0. The molecular formula is C23H24N6O. The van der Waals surface area contributed by atoms with Gasteiger partial charge in [-0.2, -0.15) is 5.10 Å². The van der Waals surface area contributed by atoms with Crippen LogP contribution in [0.5, 0.6) is 0 Å². The number of aryl methyl sites for hydroxylation is 1. The van der Waals surface area contributed by atoms with Crippen LogP contribution in [0.4, 0.5) is 5.95 Å². The molecule has 0 atom stereocenters. The first-order valence-electron chi connectivity index (χ1n) is 10.3. The number of nitrogens with zero attached hydrogens (tertiary/aromatic N) is 6. The van der Waals surface area contributed by atoms with Crippen molar-refractivity contribution in [1.82, 2.24) is 24.3 Å². The molecular weight excluding hydrogens is 376 g/mol. The van der Waals surface area contributed by atoms with Gasteiger partial charge in [-0.15, -0.1) is 0 Å². The predicted octanol–water partition coefficient (Wildman–Crippen LogP) is 3.11. The molecule has 7 heteroatoms. The van der Waals surface area contributed by atoms with Crippen LogP contribution >= 0.6 is 0 Å². The van der Waals surface area contributed by atoms with E-state index >= 15 is 0 Å². The van der Waals surface area contributed by atoms with Crippen molar-refractivity contribution in [2.75, 3.05) is 18.0 Å². The fraction of sp³-hybridized carbons (Fsp3) is 0.304. The SMILES string of the molecule is Cn1c(N2CCC(Cn3nc(-c4ccncc4)ccc3=O)CC2)nc2ccccc21. The second kappa shape index (κ2) is 7.74. The fourth-order valence-electron chi connectivity index (χ4n) is 4.23. The summed E-state index contributed by atoms with van der Waals surface area (Å²) in [6.45, 7) is 2.51. The summed E-state index contributed by atoms with van der Waals surface area (Å²) in [6, 6.07) is 15.4. The van der Waals surface area contributed by atoms with E-state index in [2.05, 4.69) is 38.7 Å². The van der Waals surface area contributed by atoms with Gasteiger partial charge in [-0.05, 0) is 49.1 Å². The molecule has 0 amide bonds. The standard InChI is InChI=1S/C23H24N6O/c1-27-21-5-3-2-4-20(21)25-23(27)28-14-10-17(11-15-28)16-29-22(30)7-6-19(26-29)18-8-12-24-13-9-18/h2-9,12-13,17H,10-11,14-16H2,1H3. The van der Waals surface area contributed by atoms with E-state index in [-0.39, 0.29) is 5.56 Å². The van der Waals surface area contributed by atoms with E-state index in [0.29, 0.717) is 12.5 Å². The van der Waals surface area contributed by atoms with Crippen LogP contribution in [-0.4, -0.2) is 37.4 Å². The largest absolute Gasteiger partial charge is 0.342 e. The monoisotopic (exact) mass is 400 g/mol. The molecule has 0 unspecified atom stereocenters. The van der Waals surface area contributed by atoms with Crippen LogP contribution in [0.2, 0.25) is 0 Å². The number of piperidine rings is 1. The van der Waals surface area contributed by atoms with Gasteiger partial charge in [0.05, 0.1) is 16.7 Å². The van der Waals surface area contributed by atoms with Gasteiger partial charge in [0, 0.05) is 50.7 Å². The first-order valence-corrected chi connectivity index (χ1v) is 10.3. The lowest BCUT2D eigenvalue weighted by Gasteiger charge is -2.32. The highest BCUT2D eigenvalue weighted by Crippen LogP contribution is 2.26. The van der Waals surface area contributed by atoms with E-state index in [1.807, 2.05) is 24.3 Å². The quantitative estimate of drug-likeness (QED) is 0.527. The first-order chi connectivity index (χ1) is 14.7. The molecule has 7 nitrogen and oxygen atoms in total. The van der Waals surface area contributed by atoms with Gasteiger partial charge in [-0.25, -0.2) is 9.67 Å². The fourth-order valence-corrected chi connectivity index (χ4v) is 4.23. The van der Waals surface area contributed by atoms with E-state index in [1.54, 1.807) is 29.2 Å². The lowest BCUT2D eigenvalue weighted by Crippen LogP contribution is -2.38. The number of anilines is 1. The molecule has 4 heterocycles. The molecule has 0 N–H and O–H groups in total. The maximum atomic E-state index is 12.4. The van der Waals surface area contributed by atoms with Crippen LogP contribution in [0.25, 0.3) is 22.3 Å². The Morgan fingerprint density at radius 3 is 2.53 bits per heavy atom. The summed E-state index contributed by atoms with van der Waals surface area (Å²) >= 11 is 0. The lowest BCUT2D eigenvalue weighted by molar-refractivity contribution is 0.333. The Balaban J connectivity index is 1.29. The van der Waals surface area contributed by atoms with Crippen LogP contribution in [-0.2, 0) is 13.6 Å². The molecule has 30 heavy (non-hydrogen) atoms. The number of hydrogen-bond donors (Lipinski definition) is 0. The number of benzene rings is 1. The second-order valence-electron chi connectivity index (χ2n) is 7.86. The average molecular weight is 400 g/mol. The number of aromatic nitrogens is 5. The lowest BCUT2D eigenvalue weighted by atomic mass is 9.97. The molecule has 0 spiro atoms. The molecule has 5 rings (SSSR count). The van der Waals surface area contributed by atoms with Crippen molar-refractivity contribution in [3.63, 3.8) is 0 Å². The minimum absolute atomic E-state index is 0.0504. The second-order valence-corrected chi connectivity index (χ2v) is 7.86. The number of pyridine rings is 1. The summed E-state index contributed by atoms with van der Waals surface area (Å²) in [4.78, 5) is 23.6. The average Bonchev–Trinajstić information content (AvgIpc) is 3.13. The third-order valence-corrected chi connectivity index (χ3v) is 5.93. The highest BCUT2D eigenvalue weighted by molar-refractivity contribution is 5.78. The Bertz CT molecular complexity index is 1220. The zero-order valence-corrected chi connectivity index (χ0v) is 17.0. The van der Waals surface area contributed by atoms with Crippen LogP contribution < -0.4 is 10.5 Å². The van der Waals surface area contributed by atoms with Crippen molar-refractivity contribution >= 4 is 17.0 Å². The summed E-state index contributed by atoms with van der Waals surface area (Å²) in [5.74, 6) is 1.44. The molecule has 4 aromatic rings. The van der Waals surface area contributed by atoms with Crippen molar-refractivity contribution in [3.8, 4) is 11.3 Å². The van der Waals surface area contributed by atoms with Crippen LogP contribution in [0.15, 0.2) is 65.7 Å². The Hall–Kier alpha value is -3.48. The number of fused-ring (bicyclic) bond motifs is 1. The van der Waals surface area contributed by atoms with Gasteiger partial charge >= 0.3 is 0 Å². The Morgan fingerprint density at radius 2 is 1.77 bits per heavy atom. The van der Waals surface area contributed by atoms with Crippen LogP contribution in [0, 0.1) is 5.92 Å². The zero-order chi connectivity index (χ0) is 20.5. The highest BCUT2D eigenvalue weighted by atomic mass is 16.1.